The minimum atomic E-state index is -0.500. The number of hydrogen-bond acceptors (Lipinski definition) is 2. The van der Waals surface area contributed by atoms with Crippen LogP contribution in [0.25, 0.3) is 0 Å². The van der Waals surface area contributed by atoms with E-state index in [0.29, 0.717) is 17.0 Å². The van der Waals surface area contributed by atoms with Gasteiger partial charge in [0.15, 0.2) is 0 Å². The third-order valence-electron chi connectivity index (χ3n) is 2.18. The molecule has 0 atom stereocenters. The van der Waals surface area contributed by atoms with Crippen LogP contribution < -0.4 is 11.2 Å². The number of benzene rings is 1. The van der Waals surface area contributed by atoms with Crippen LogP contribution in [-0.2, 0) is 6.42 Å². The van der Waals surface area contributed by atoms with Gasteiger partial charge in [-0.3, -0.25) is 9.78 Å². The predicted molar refractivity (Wildman–Crippen MR) is 61.9 cm³/mol. The summed E-state index contributed by atoms with van der Waals surface area (Å²) in [5.74, 6) is 0. The number of hydrogen-bond donors (Lipinski definition) is 2. The number of H-pyrrole nitrogens is 2. The lowest BCUT2D eigenvalue weighted by Gasteiger charge is -2.00. The predicted octanol–water partition coefficient (Wildman–Crippen LogP) is 1.31. The van der Waals surface area contributed by atoms with Crippen LogP contribution in [0.1, 0.15) is 11.1 Å². The van der Waals surface area contributed by atoms with Crippen LogP contribution in [0.2, 0.25) is 5.02 Å². The van der Waals surface area contributed by atoms with Crippen molar-refractivity contribution in [2.45, 2.75) is 6.42 Å². The van der Waals surface area contributed by atoms with Crippen molar-refractivity contribution in [2.24, 2.45) is 0 Å². The Labute approximate surface area is 95.9 Å². The van der Waals surface area contributed by atoms with Crippen molar-refractivity contribution in [3.05, 3.63) is 67.4 Å². The molecule has 0 fully saturated rings. The lowest BCUT2D eigenvalue weighted by atomic mass is 10.1. The molecule has 0 aliphatic rings. The van der Waals surface area contributed by atoms with Crippen molar-refractivity contribution in [3.8, 4) is 0 Å². The Morgan fingerprint density at radius 3 is 2.75 bits per heavy atom. The second kappa shape index (κ2) is 4.37. The average molecular weight is 237 g/mol. The highest BCUT2D eigenvalue weighted by Crippen LogP contribution is 2.12. The lowest BCUT2D eigenvalue weighted by Crippen LogP contribution is -2.24. The molecule has 2 rings (SSSR count). The van der Waals surface area contributed by atoms with Crippen molar-refractivity contribution in [1.29, 1.82) is 0 Å². The zero-order valence-corrected chi connectivity index (χ0v) is 9.04. The van der Waals surface area contributed by atoms with Gasteiger partial charge in [-0.15, -0.1) is 0 Å². The van der Waals surface area contributed by atoms with E-state index < -0.39 is 5.69 Å². The van der Waals surface area contributed by atoms with Gasteiger partial charge in [-0.1, -0.05) is 23.7 Å². The molecule has 4 nitrogen and oxygen atoms in total. The van der Waals surface area contributed by atoms with E-state index in [1.165, 1.54) is 6.20 Å². The topological polar surface area (TPSA) is 65.7 Å². The van der Waals surface area contributed by atoms with E-state index in [-0.39, 0.29) is 5.56 Å². The highest BCUT2D eigenvalue weighted by Gasteiger charge is 2.02. The summed E-state index contributed by atoms with van der Waals surface area (Å²) in [6, 6.07) is 7.24. The molecule has 16 heavy (non-hydrogen) atoms. The van der Waals surface area contributed by atoms with Gasteiger partial charge < -0.3 is 4.98 Å². The number of halogens is 1. The van der Waals surface area contributed by atoms with Crippen LogP contribution in [0.15, 0.2) is 40.1 Å². The summed E-state index contributed by atoms with van der Waals surface area (Å²) in [6.07, 6.45) is 1.86. The zero-order valence-electron chi connectivity index (χ0n) is 8.29. The Kier molecular flexibility index (Phi) is 2.92. The van der Waals surface area contributed by atoms with Crippen molar-refractivity contribution in [2.75, 3.05) is 0 Å². The summed E-state index contributed by atoms with van der Waals surface area (Å²) in [7, 11) is 0. The van der Waals surface area contributed by atoms with Gasteiger partial charge in [-0.2, -0.15) is 0 Å². The van der Waals surface area contributed by atoms with Gasteiger partial charge in [0, 0.05) is 23.2 Å². The maximum absolute atomic E-state index is 11.4. The Balaban J connectivity index is 2.34. The van der Waals surface area contributed by atoms with Crippen molar-refractivity contribution >= 4 is 11.6 Å². The number of rotatable bonds is 2. The second-order valence-electron chi connectivity index (χ2n) is 3.40. The average Bonchev–Trinajstić information content (AvgIpc) is 2.22. The summed E-state index contributed by atoms with van der Waals surface area (Å²) in [4.78, 5) is 26.8. The van der Waals surface area contributed by atoms with Gasteiger partial charge in [0.05, 0.1) is 0 Å². The fraction of sp³-hybridized carbons (Fsp3) is 0.0909. The fourth-order valence-electron chi connectivity index (χ4n) is 1.44. The lowest BCUT2D eigenvalue weighted by molar-refractivity contribution is 0.975. The Morgan fingerprint density at radius 2 is 2.06 bits per heavy atom. The van der Waals surface area contributed by atoms with Crippen LogP contribution >= 0.6 is 11.6 Å². The normalized spacial score (nSPS) is 10.3. The first-order valence-corrected chi connectivity index (χ1v) is 5.08. The van der Waals surface area contributed by atoms with Gasteiger partial charge >= 0.3 is 5.69 Å². The van der Waals surface area contributed by atoms with Crippen molar-refractivity contribution in [1.82, 2.24) is 9.97 Å². The smallest absolute Gasteiger partial charge is 0.314 e. The monoisotopic (exact) mass is 236 g/mol. The first-order valence-electron chi connectivity index (χ1n) is 4.70. The highest BCUT2D eigenvalue weighted by atomic mass is 35.5. The first-order chi connectivity index (χ1) is 7.65. The maximum atomic E-state index is 11.4. The molecule has 0 unspecified atom stereocenters. The Bertz CT molecular complexity index is 616. The molecule has 0 aliphatic heterocycles. The van der Waals surface area contributed by atoms with Crippen LogP contribution in [0.4, 0.5) is 0 Å². The van der Waals surface area contributed by atoms with E-state index in [0.717, 1.165) is 5.56 Å². The van der Waals surface area contributed by atoms with Gasteiger partial charge in [0.2, 0.25) is 0 Å². The van der Waals surface area contributed by atoms with E-state index in [1.54, 1.807) is 12.1 Å². The summed E-state index contributed by atoms with van der Waals surface area (Å²) in [5, 5.41) is 0.623. The zero-order chi connectivity index (χ0) is 11.5. The third kappa shape index (κ3) is 2.41. The third-order valence-corrected chi connectivity index (χ3v) is 2.41. The molecule has 0 aliphatic carbocycles. The molecule has 1 heterocycles. The quantitative estimate of drug-likeness (QED) is 0.826. The van der Waals surface area contributed by atoms with Gasteiger partial charge in [-0.25, -0.2) is 4.79 Å². The summed E-state index contributed by atoms with van der Waals surface area (Å²) >= 11 is 5.83. The molecular weight excluding hydrogens is 228 g/mol. The molecule has 0 saturated carbocycles. The van der Waals surface area contributed by atoms with Crippen LogP contribution in [-0.4, -0.2) is 9.97 Å². The maximum Gasteiger partial charge on any atom is 0.325 e. The molecule has 0 amide bonds. The first kappa shape index (κ1) is 10.7. The van der Waals surface area contributed by atoms with Gasteiger partial charge in [0.25, 0.3) is 5.56 Å². The van der Waals surface area contributed by atoms with Crippen LogP contribution in [0, 0.1) is 0 Å². The highest BCUT2D eigenvalue weighted by molar-refractivity contribution is 6.30. The molecule has 1 aromatic carbocycles. The summed E-state index contributed by atoms with van der Waals surface area (Å²) < 4.78 is 0. The molecular formula is C11H9ClN2O2. The molecule has 82 valence electrons. The van der Waals surface area contributed by atoms with E-state index in [2.05, 4.69) is 9.97 Å². The fourth-order valence-corrected chi connectivity index (χ4v) is 1.65. The standard InChI is InChI=1S/C11H9ClN2O2/c12-9-3-1-2-7(5-9)4-8-6-13-11(16)14-10(8)15/h1-3,5-6H,4H2,(H2,13,14,15,16). The molecule has 1 aromatic heterocycles. The van der Waals surface area contributed by atoms with E-state index >= 15 is 0 Å². The molecule has 0 bridgehead atoms. The Hall–Kier alpha value is -1.81. The van der Waals surface area contributed by atoms with Crippen molar-refractivity contribution < 1.29 is 0 Å². The number of aromatic nitrogens is 2. The van der Waals surface area contributed by atoms with Crippen LogP contribution in [0.5, 0.6) is 0 Å². The molecule has 5 heteroatoms. The molecule has 0 radical (unpaired) electrons. The minimum Gasteiger partial charge on any atom is -0.314 e. The van der Waals surface area contributed by atoms with E-state index in [9.17, 15) is 9.59 Å². The Morgan fingerprint density at radius 1 is 1.25 bits per heavy atom. The van der Waals surface area contributed by atoms with Crippen molar-refractivity contribution in [3.63, 3.8) is 0 Å². The molecule has 0 saturated heterocycles. The number of aromatic amines is 2. The molecule has 2 aromatic rings. The van der Waals surface area contributed by atoms with Gasteiger partial charge in [0.1, 0.15) is 0 Å². The molecule has 2 N–H and O–H groups in total. The number of nitrogens with one attached hydrogen (secondary N) is 2. The largest absolute Gasteiger partial charge is 0.325 e. The van der Waals surface area contributed by atoms with E-state index in [1.807, 2.05) is 12.1 Å². The summed E-state index contributed by atoms with van der Waals surface area (Å²) in [5.41, 5.74) is 0.551. The summed E-state index contributed by atoms with van der Waals surface area (Å²) in [6.45, 7) is 0. The molecule has 0 spiro atoms. The van der Waals surface area contributed by atoms with Gasteiger partial charge in [-0.05, 0) is 17.7 Å². The SMILES string of the molecule is O=c1[nH]cc(Cc2cccc(Cl)c2)c(=O)[nH]1. The second-order valence-corrected chi connectivity index (χ2v) is 3.84. The minimum absolute atomic E-state index is 0.372. The van der Waals surface area contributed by atoms with Crippen LogP contribution in [0.3, 0.4) is 0 Å². The van der Waals surface area contributed by atoms with E-state index in [4.69, 9.17) is 11.6 Å².